The molecule has 2 N–H and O–H groups in total. The van der Waals surface area contributed by atoms with Crippen molar-refractivity contribution in [1.29, 1.82) is 0 Å². The minimum atomic E-state index is -0.0360. The molecule has 1 atom stereocenters. The molecule has 1 aliphatic carbocycles. The van der Waals surface area contributed by atoms with E-state index in [1.807, 2.05) is 0 Å². The van der Waals surface area contributed by atoms with Crippen LogP contribution >= 0.6 is 0 Å². The van der Waals surface area contributed by atoms with E-state index in [0.29, 0.717) is 12.5 Å². The van der Waals surface area contributed by atoms with E-state index in [0.717, 1.165) is 12.8 Å². The highest BCUT2D eigenvalue weighted by Crippen LogP contribution is 2.26. The number of nitrogens with one attached hydrogen (secondary N) is 2. The van der Waals surface area contributed by atoms with Gasteiger partial charge in [-0.25, -0.2) is 0 Å². The summed E-state index contributed by atoms with van der Waals surface area (Å²) in [4.78, 5) is 22.0. The lowest BCUT2D eigenvalue weighted by Gasteiger charge is -2.30. The minimum absolute atomic E-state index is 0.0130. The van der Waals surface area contributed by atoms with Gasteiger partial charge in [0.25, 0.3) is 0 Å². The van der Waals surface area contributed by atoms with E-state index in [-0.39, 0.29) is 17.9 Å². The Kier molecular flexibility index (Phi) is 5.29. The normalized spacial score (nSPS) is 18.9. The van der Waals surface area contributed by atoms with E-state index in [4.69, 9.17) is 0 Å². The Bertz CT molecular complexity index is 247. The third kappa shape index (κ3) is 4.64. The van der Waals surface area contributed by atoms with E-state index < -0.39 is 0 Å². The molecule has 4 nitrogen and oxygen atoms in total. The van der Waals surface area contributed by atoms with Gasteiger partial charge in [-0.15, -0.1) is 0 Å². The lowest BCUT2D eigenvalue weighted by Crippen LogP contribution is -2.47. The fourth-order valence-electron chi connectivity index (χ4n) is 2.39. The maximum absolute atomic E-state index is 11.1. The molecule has 1 fully saturated rings. The predicted octanol–water partition coefficient (Wildman–Crippen LogP) is 1.21. The summed E-state index contributed by atoms with van der Waals surface area (Å²) in [6.45, 7) is 3.59. The Hall–Kier alpha value is -1.06. The number of hydrogen-bond donors (Lipinski definition) is 2. The Morgan fingerprint density at radius 2 is 1.75 bits per heavy atom. The molecular weight excluding hydrogens is 204 g/mol. The second kappa shape index (κ2) is 6.51. The molecule has 0 saturated heterocycles. The van der Waals surface area contributed by atoms with Crippen LogP contribution in [-0.4, -0.2) is 24.4 Å². The highest BCUT2D eigenvalue weighted by molar-refractivity contribution is 5.74. The molecule has 4 heteroatoms. The average molecular weight is 226 g/mol. The van der Waals surface area contributed by atoms with Gasteiger partial charge in [0.2, 0.25) is 11.8 Å². The van der Waals surface area contributed by atoms with Crippen LogP contribution in [0.5, 0.6) is 0 Å². The molecule has 0 aliphatic heterocycles. The second-order valence-electron chi connectivity index (χ2n) is 4.64. The summed E-state index contributed by atoms with van der Waals surface area (Å²) in [6.07, 6.45) is 6.08. The molecule has 0 heterocycles. The van der Waals surface area contributed by atoms with Crippen LogP contribution in [0.4, 0.5) is 0 Å². The SMILES string of the molecule is CC(=O)NC[C@@H](NC(C)=O)C1CCCCC1. The molecule has 2 amide bonds. The molecular formula is C12H22N2O2. The van der Waals surface area contributed by atoms with Gasteiger partial charge >= 0.3 is 0 Å². The number of carbonyl (C=O) groups excluding carboxylic acids is 2. The van der Waals surface area contributed by atoms with Crippen molar-refractivity contribution in [2.75, 3.05) is 6.54 Å². The predicted molar refractivity (Wildman–Crippen MR) is 62.9 cm³/mol. The lowest BCUT2D eigenvalue weighted by atomic mass is 9.84. The first-order valence-electron chi connectivity index (χ1n) is 6.11. The van der Waals surface area contributed by atoms with Crippen LogP contribution in [0.25, 0.3) is 0 Å². The van der Waals surface area contributed by atoms with Gasteiger partial charge in [-0.2, -0.15) is 0 Å². The smallest absolute Gasteiger partial charge is 0.217 e. The largest absolute Gasteiger partial charge is 0.354 e. The molecule has 1 aliphatic rings. The number of amides is 2. The summed E-state index contributed by atoms with van der Waals surface area (Å²) in [5.41, 5.74) is 0. The van der Waals surface area contributed by atoms with Crippen molar-refractivity contribution in [1.82, 2.24) is 10.6 Å². The molecule has 0 aromatic heterocycles. The van der Waals surface area contributed by atoms with E-state index in [9.17, 15) is 9.59 Å². The van der Waals surface area contributed by atoms with Crippen LogP contribution in [0.1, 0.15) is 46.0 Å². The van der Waals surface area contributed by atoms with Crippen LogP contribution < -0.4 is 10.6 Å². The Balaban J connectivity index is 2.47. The topological polar surface area (TPSA) is 58.2 Å². The molecule has 0 unspecified atom stereocenters. The lowest BCUT2D eigenvalue weighted by molar-refractivity contribution is -0.122. The molecule has 0 aromatic rings. The molecule has 1 rings (SSSR count). The zero-order chi connectivity index (χ0) is 12.0. The van der Waals surface area contributed by atoms with Crippen LogP contribution in [-0.2, 0) is 9.59 Å². The third-order valence-corrected chi connectivity index (χ3v) is 3.18. The summed E-state index contributed by atoms with van der Waals surface area (Å²) in [5.74, 6) is 0.469. The molecule has 16 heavy (non-hydrogen) atoms. The molecule has 1 saturated carbocycles. The van der Waals surface area contributed by atoms with Gasteiger partial charge in [-0.05, 0) is 18.8 Å². The van der Waals surface area contributed by atoms with Crippen LogP contribution in [0.15, 0.2) is 0 Å². The van der Waals surface area contributed by atoms with Gasteiger partial charge in [0, 0.05) is 26.4 Å². The third-order valence-electron chi connectivity index (χ3n) is 3.18. The highest BCUT2D eigenvalue weighted by Gasteiger charge is 2.24. The molecule has 0 bridgehead atoms. The molecule has 92 valence electrons. The van der Waals surface area contributed by atoms with Gasteiger partial charge in [0.1, 0.15) is 0 Å². The van der Waals surface area contributed by atoms with Crippen molar-refractivity contribution in [3.05, 3.63) is 0 Å². The monoisotopic (exact) mass is 226 g/mol. The second-order valence-corrected chi connectivity index (χ2v) is 4.64. The zero-order valence-electron chi connectivity index (χ0n) is 10.2. The van der Waals surface area contributed by atoms with Gasteiger partial charge in [-0.3, -0.25) is 9.59 Å². The Morgan fingerprint density at radius 3 is 2.25 bits per heavy atom. The van der Waals surface area contributed by atoms with Gasteiger partial charge in [0.05, 0.1) is 0 Å². The number of carbonyl (C=O) groups is 2. The average Bonchev–Trinajstić information content (AvgIpc) is 2.25. The highest BCUT2D eigenvalue weighted by atomic mass is 16.2. The Morgan fingerprint density at radius 1 is 1.12 bits per heavy atom. The van der Waals surface area contributed by atoms with Crippen molar-refractivity contribution in [3.63, 3.8) is 0 Å². The summed E-state index contributed by atoms with van der Waals surface area (Å²) in [6, 6.07) is 0.0988. The standard InChI is InChI=1S/C12H22N2O2/c1-9(15)13-8-12(14-10(2)16)11-6-4-3-5-7-11/h11-12H,3-8H2,1-2H3,(H,13,15)(H,14,16)/t12-/m1/s1. The van der Waals surface area contributed by atoms with Crippen LogP contribution in [0.2, 0.25) is 0 Å². The Labute approximate surface area is 97.2 Å². The molecule has 0 spiro atoms. The minimum Gasteiger partial charge on any atom is -0.354 e. The van der Waals surface area contributed by atoms with Gasteiger partial charge in [0.15, 0.2) is 0 Å². The van der Waals surface area contributed by atoms with Crippen molar-refractivity contribution < 1.29 is 9.59 Å². The first-order chi connectivity index (χ1) is 7.59. The van der Waals surface area contributed by atoms with Crippen LogP contribution in [0.3, 0.4) is 0 Å². The maximum Gasteiger partial charge on any atom is 0.217 e. The van der Waals surface area contributed by atoms with Crippen molar-refractivity contribution >= 4 is 11.8 Å². The first kappa shape index (κ1) is 13.0. The summed E-state index contributed by atoms with van der Waals surface area (Å²) in [7, 11) is 0. The van der Waals surface area contributed by atoms with Crippen molar-refractivity contribution in [2.24, 2.45) is 5.92 Å². The summed E-state index contributed by atoms with van der Waals surface area (Å²) < 4.78 is 0. The molecule has 0 radical (unpaired) electrons. The van der Waals surface area contributed by atoms with E-state index in [2.05, 4.69) is 10.6 Å². The zero-order valence-corrected chi connectivity index (χ0v) is 10.2. The maximum atomic E-state index is 11.1. The fraction of sp³-hybridized carbons (Fsp3) is 0.833. The van der Waals surface area contributed by atoms with E-state index >= 15 is 0 Å². The molecule has 0 aromatic carbocycles. The summed E-state index contributed by atoms with van der Waals surface area (Å²) >= 11 is 0. The first-order valence-corrected chi connectivity index (χ1v) is 6.11. The quantitative estimate of drug-likeness (QED) is 0.757. The van der Waals surface area contributed by atoms with Crippen LogP contribution in [0, 0.1) is 5.92 Å². The van der Waals surface area contributed by atoms with Crippen molar-refractivity contribution in [2.45, 2.75) is 52.0 Å². The van der Waals surface area contributed by atoms with E-state index in [1.165, 1.54) is 33.1 Å². The number of hydrogen-bond acceptors (Lipinski definition) is 2. The summed E-state index contributed by atoms with van der Waals surface area (Å²) in [5, 5.41) is 5.75. The fourth-order valence-corrected chi connectivity index (χ4v) is 2.39. The van der Waals surface area contributed by atoms with Crippen molar-refractivity contribution in [3.8, 4) is 0 Å². The van der Waals surface area contributed by atoms with Gasteiger partial charge in [-0.1, -0.05) is 19.3 Å². The number of rotatable bonds is 4. The van der Waals surface area contributed by atoms with E-state index in [1.54, 1.807) is 0 Å². The van der Waals surface area contributed by atoms with Gasteiger partial charge < -0.3 is 10.6 Å².